The summed E-state index contributed by atoms with van der Waals surface area (Å²) in [7, 11) is 1.26. The van der Waals surface area contributed by atoms with Gasteiger partial charge in [-0.15, -0.1) is 0 Å². The van der Waals surface area contributed by atoms with Crippen LogP contribution in [0, 0.1) is 17.5 Å². The van der Waals surface area contributed by atoms with E-state index in [0.717, 1.165) is 0 Å². The van der Waals surface area contributed by atoms with Crippen molar-refractivity contribution in [2.45, 2.75) is 25.7 Å². The summed E-state index contributed by atoms with van der Waals surface area (Å²) in [6.45, 7) is 0. The molecule has 0 N–H and O–H groups in total. The fraction of sp³-hybridized carbons (Fsp3) is 0.385. The number of carbonyl (C=O) groups is 2. The largest absolute Gasteiger partial charge is 0.469 e. The summed E-state index contributed by atoms with van der Waals surface area (Å²) in [5.41, 5.74) is -0.213. The molecule has 0 spiro atoms. The Morgan fingerprint density at radius 3 is 2.11 bits per heavy atom. The standard InChI is InChI=1S/C13H13F3O3/c1-19-12(18)5-3-2-4-11(17)8-6-9(14)13(16)10(15)7-8/h6-7H,2-5H2,1H3. The first-order valence-corrected chi connectivity index (χ1v) is 5.70. The van der Waals surface area contributed by atoms with Gasteiger partial charge in [0.1, 0.15) is 0 Å². The third-order valence-electron chi connectivity index (χ3n) is 2.57. The molecule has 3 nitrogen and oxygen atoms in total. The van der Waals surface area contributed by atoms with E-state index in [1.807, 2.05) is 0 Å². The van der Waals surface area contributed by atoms with Gasteiger partial charge in [0, 0.05) is 18.4 Å². The number of halogens is 3. The number of esters is 1. The highest BCUT2D eigenvalue weighted by Gasteiger charge is 2.14. The molecule has 1 rings (SSSR count). The van der Waals surface area contributed by atoms with Gasteiger partial charge in [-0.3, -0.25) is 9.59 Å². The van der Waals surface area contributed by atoms with Gasteiger partial charge in [-0.1, -0.05) is 0 Å². The van der Waals surface area contributed by atoms with Crippen LogP contribution in [0.3, 0.4) is 0 Å². The molecule has 0 amide bonds. The van der Waals surface area contributed by atoms with E-state index in [9.17, 15) is 22.8 Å². The lowest BCUT2D eigenvalue weighted by Gasteiger charge is -2.03. The molecule has 0 radical (unpaired) electrons. The number of hydrogen-bond acceptors (Lipinski definition) is 3. The van der Waals surface area contributed by atoms with Gasteiger partial charge >= 0.3 is 5.97 Å². The van der Waals surface area contributed by atoms with Crippen molar-refractivity contribution in [3.63, 3.8) is 0 Å². The van der Waals surface area contributed by atoms with Crippen LogP contribution in [0.1, 0.15) is 36.0 Å². The van der Waals surface area contributed by atoms with Crippen LogP contribution in [-0.4, -0.2) is 18.9 Å². The fourth-order valence-corrected chi connectivity index (χ4v) is 1.52. The zero-order valence-corrected chi connectivity index (χ0v) is 10.3. The molecule has 0 atom stereocenters. The number of ether oxygens (including phenoxy) is 1. The highest BCUT2D eigenvalue weighted by atomic mass is 19.2. The molecule has 1 aromatic carbocycles. The Kier molecular flexibility index (Phi) is 5.54. The number of Topliss-reactive ketones (excluding diaryl/α,β-unsaturated/α-hetero) is 1. The predicted octanol–water partition coefficient (Wildman–Crippen LogP) is 3.02. The van der Waals surface area contributed by atoms with Crippen LogP contribution in [0.5, 0.6) is 0 Å². The van der Waals surface area contributed by atoms with Gasteiger partial charge in [-0.05, 0) is 25.0 Å². The lowest BCUT2D eigenvalue weighted by atomic mass is 10.0. The maximum absolute atomic E-state index is 12.9. The molecular weight excluding hydrogens is 261 g/mol. The lowest BCUT2D eigenvalue weighted by molar-refractivity contribution is -0.140. The minimum absolute atomic E-state index is 0.0293. The lowest BCUT2D eigenvalue weighted by Crippen LogP contribution is -2.04. The zero-order valence-electron chi connectivity index (χ0n) is 10.3. The van der Waals surface area contributed by atoms with Gasteiger partial charge in [0.15, 0.2) is 23.2 Å². The second-order valence-corrected chi connectivity index (χ2v) is 3.96. The Labute approximate surface area is 108 Å². The van der Waals surface area contributed by atoms with E-state index < -0.39 is 23.2 Å². The third-order valence-corrected chi connectivity index (χ3v) is 2.57. The maximum atomic E-state index is 12.9. The first-order chi connectivity index (χ1) is 8.95. The first-order valence-electron chi connectivity index (χ1n) is 5.70. The Hall–Kier alpha value is -1.85. The molecule has 19 heavy (non-hydrogen) atoms. The summed E-state index contributed by atoms with van der Waals surface area (Å²) < 4.78 is 42.9. The number of rotatable bonds is 6. The van der Waals surface area contributed by atoms with Crippen LogP contribution in [0.2, 0.25) is 0 Å². The van der Waals surface area contributed by atoms with Crippen molar-refractivity contribution in [1.29, 1.82) is 0 Å². The van der Waals surface area contributed by atoms with Crippen LogP contribution >= 0.6 is 0 Å². The molecular formula is C13H13F3O3. The van der Waals surface area contributed by atoms with Crippen molar-refractivity contribution in [3.05, 3.63) is 35.1 Å². The van der Waals surface area contributed by atoms with Gasteiger partial charge in [0.05, 0.1) is 7.11 Å². The molecule has 0 aliphatic heterocycles. The normalized spacial score (nSPS) is 10.3. The minimum atomic E-state index is -1.60. The van der Waals surface area contributed by atoms with Gasteiger partial charge < -0.3 is 4.74 Å². The predicted molar refractivity (Wildman–Crippen MR) is 61.1 cm³/mol. The van der Waals surface area contributed by atoms with E-state index in [2.05, 4.69) is 4.74 Å². The number of hydrogen-bond donors (Lipinski definition) is 0. The molecule has 0 saturated heterocycles. The van der Waals surface area contributed by atoms with Gasteiger partial charge in [0.25, 0.3) is 0 Å². The average molecular weight is 274 g/mol. The Morgan fingerprint density at radius 1 is 1.05 bits per heavy atom. The Bertz CT molecular complexity index is 463. The molecule has 104 valence electrons. The average Bonchev–Trinajstić information content (AvgIpc) is 2.39. The van der Waals surface area contributed by atoms with E-state index in [-0.39, 0.29) is 24.4 Å². The number of carbonyl (C=O) groups excluding carboxylic acids is 2. The van der Waals surface area contributed by atoms with Crippen LogP contribution in [0.25, 0.3) is 0 Å². The van der Waals surface area contributed by atoms with Crippen molar-refractivity contribution in [1.82, 2.24) is 0 Å². The van der Waals surface area contributed by atoms with E-state index in [4.69, 9.17) is 0 Å². The van der Waals surface area contributed by atoms with Crippen molar-refractivity contribution in [3.8, 4) is 0 Å². The second-order valence-electron chi connectivity index (χ2n) is 3.96. The molecule has 0 unspecified atom stereocenters. The van der Waals surface area contributed by atoms with Gasteiger partial charge in [0.2, 0.25) is 0 Å². The topological polar surface area (TPSA) is 43.4 Å². The third kappa shape index (κ3) is 4.39. The summed E-state index contributed by atoms with van der Waals surface area (Å²) in [6.07, 6.45) is 1.02. The minimum Gasteiger partial charge on any atom is -0.469 e. The van der Waals surface area contributed by atoms with E-state index in [1.54, 1.807) is 0 Å². The highest BCUT2D eigenvalue weighted by molar-refractivity contribution is 5.96. The van der Waals surface area contributed by atoms with Crippen molar-refractivity contribution >= 4 is 11.8 Å². The molecule has 0 fully saturated rings. The molecule has 6 heteroatoms. The fourth-order valence-electron chi connectivity index (χ4n) is 1.52. The molecule has 0 aliphatic rings. The quantitative estimate of drug-likeness (QED) is 0.346. The SMILES string of the molecule is COC(=O)CCCCC(=O)c1cc(F)c(F)c(F)c1. The molecule has 0 aliphatic carbocycles. The summed E-state index contributed by atoms with van der Waals surface area (Å²) in [5.74, 6) is -5.26. The maximum Gasteiger partial charge on any atom is 0.305 e. The first kappa shape index (κ1) is 15.2. The van der Waals surface area contributed by atoms with Crippen molar-refractivity contribution < 1.29 is 27.5 Å². The number of benzene rings is 1. The highest BCUT2D eigenvalue weighted by Crippen LogP contribution is 2.16. The Balaban J connectivity index is 2.52. The van der Waals surface area contributed by atoms with Crippen molar-refractivity contribution in [2.75, 3.05) is 7.11 Å². The van der Waals surface area contributed by atoms with Crippen LogP contribution < -0.4 is 0 Å². The molecule has 0 bridgehead atoms. The summed E-state index contributed by atoms with van der Waals surface area (Å²) >= 11 is 0. The molecule has 0 heterocycles. The monoisotopic (exact) mass is 274 g/mol. The Morgan fingerprint density at radius 2 is 1.58 bits per heavy atom. The van der Waals surface area contributed by atoms with Crippen LogP contribution in [0.15, 0.2) is 12.1 Å². The van der Waals surface area contributed by atoms with Gasteiger partial charge in [-0.2, -0.15) is 0 Å². The second kappa shape index (κ2) is 6.92. The van der Waals surface area contributed by atoms with Crippen LogP contribution in [0.4, 0.5) is 13.2 Å². The number of methoxy groups -OCH3 is 1. The number of unbranched alkanes of at least 4 members (excludes halogenated alkanes) is 1. The molecule has 1 aromatic rings. The summed E-state index contributed by atoms with van der Waals surface area (Å²) in [5, 5.41) is 0. The summed E-state index contributed by atoms with van der Waals surface area (Å²) in [4.78, 5) is 22.4. The summed E-state index contributed by atoms with van der Waals surface area (Å²) in [6, 6.07) is 1.34. The van der Waals surface area contributed by atoms with Crippen LogP contribution in [-0.2, 0) is 9.53 Å². The van der Waals surface area contributed by atoms with E-state index in [0.29, 0.717) is 25.0 Å². The van der Waals surface area contributed by atoms with E-state index >= 15 is 0 Å². The van der Waals surface area contributed by atoms with E-state index in [1.165, 1.54) is 7.11 Å². The smallest absolute Gasteiger partial charge is 0.305 e. The molecule has 0 saturated carbocycles. The molecule has 0 aromatic heterocycles. The zero-order chi connectivity index (χ0) is 14.4. The van der Waals surface area contributed by atoms with Crippen molar-refractivity contribution in [2.24, 2.45) is 0 Å². The van der Waals surface area contributed by atoms with Gasteiger partial charge in [-0.25, -0.2) is 13.2 Å². The number of ketones is 1.